The largest absolute Gasteiger partial charge is 0.369 e. The maximum atomic E-state index is 12.6. The fourth-order valence-electron chi connectivity index (χ4n) is 3.58. The second-order valence-corrected chi connectivity index (χ2v) is 6.18. The normalized spacial score (nSPS) is 21.9. The molecule has 5 nitrogen and oxygen atoms in total. The van der Waals surface area contributed by atoms with Crippen LogP contribution in [-0.2, 0) is 4.79 Å². The third-order valence-corrected chi connectivity index (χ3v) is 4.73. The van der Waals surface area contributed by atoms with E-state index in [0.29, 0.717) is 11.1 Å². The molecule has 2 aliphatic heterocycles. The fourth-order valence-corrected chi connectivity index (χ4v) is 3.58. The summed E-state index contributed by atoms with van der Waals surface area (Å²) in [5.41, 5.74) is 5.49. The molecule has 0 spiro atoms. The van der Waals surface area contributed by atoms with Crippen molar-refractivity contribution in [1.29, 1.82) is 0 Å². The van der Waals surface area contributed by atoms with Crippen molar-refractivity contribution < 1.29 is 9.90 Å². The molecule has 122 valence electrons. The van der Waals surface area contributed by atoms with Crippen LogP contribution in [0.2, 0.25) is 0 Å². The number of rotatable bonds is 1. The average Bonchev–Trinajstić information content (AvgIpc) is 3.29. The number of amides is 1. The summed E-state index contributed by atoms with van der Waals surface area (Å²) in [5.74, 6) is -0.201. The number of aliphatic hydroxyl groups is 1. The van der Waals surface area contributed by atoms with Crippen molar-refractivity contribution >= 4 is 33.8 Å². The monoisotopic (exact) mass is 329 g/mol. The van der Waals surface area contributed by atoms with E-state index < -0.39 is 6.23 Å². The molecule has 0 radical (unpaired) electrons. The molecule has 1 aromatic heterocycles. The van der Waals surface area contributed by atoms with Crippen molar-refractivity contribution in [2.24, 2.45) is 0 Å². The number of para-hydroxylation sites is 2. The molecule has 4 N–H and O–H groups in total. The topological polar surface area (TPSA) is 77.2 Å². The van der Waals surface area contributed by atoms with Gasteiger partial charge in [0.05, 0.1) is 11.3 Å². The SMILES string of the molecule is O=C1NC(c2c[nH]c3ccccc23)=C/C1=C1/c2ccccc2NC1O. The zero-order valence-electron chi connectivity index (χ0n) is 13.2. The van der Waals surface area contributed by atoms with Gasteiger partial charge in [0.25, 0.3) is 5.91 Å². The number of H-pyrrole nitrogens is 1. The number of hydrogen-bond acceptors (Lipinski definition) is 3. The van der Waals surface area contributed by atoms with Crippen molar-refractivity contribution in [1.82, 2.24) is 10.3 Å². The Kier molecular flexibility index (Phi) is 2.87. The molecule has 0 saturated heterocycles. The second-order valence-electron chi connectivity index (χ2n) is 6.18. The Labute approximate surface area is 143 Å². The third kappa shape index (κ3) is 2.03. The second kappa shape index (κ2) is 5.09. The van der Waals surface area contributed by atoms with Crippen LogP contribution in [0.5, 0.6) is 0 Å². The van der Waals surface area contributed by atoms with Crippen LogP contribution in [0.3, 0.4) is 0 Å². The number of nitrogens with one attached hydrogen (secondary N) is 3. The summed E-state index contributed by atoms with van der Waals surface area (Å²) in [7, 11) is 0. The summed E-state index contributed by atoms with van der Waals surface area (Å²) < 4.78 is 0. The first kappa shape index (κ1) is 14.1. The highest BCUT2D eigenvalue weighted by Crippen LogP contribution is 2.39. The van der Waals surface area contributed by atoms with Crippen LogP contribution in [0.25, 0.3) is 22.2 Å². The van der Waals surface area contributed by atoms with Crippen LogP contribution in [0.15, 0.2) is 66.4 Å². The first-order chi connectivity index (χ1) is 12.2. The van der Waals surface area contributed by atoms with Crippen molar-refractivity contribution in [3.63, 3.8) is 0 Å². The van der Waals surface area contributed by atoms with Gasteiger partial charge in [0.2, 0.25) is 0 Å². The van der Waals surface area contributed by atoms with Gasteiger partial charge >= 0.3 is 0 Å². The number of carbonyl (C=O) groups excluding carboxylic acids is 1. The lowest BCUT2D eigenvalue weighted by atomic mass is 10.00. The van der Waals surface area contributed by atoms with E-state index in [-0.39, 0.29) is 5.91 Å². The Morgan fingerprint density at radius 3 is 2.68 bits per heavy atom. The summed E-state index contributed by atoms with van der Waals surface area (Å²) in [6.45, 7) is 0. The molecule has 5 heteroatoms. The van der Waals surface area contributed by atoms with Crippen LogP contribution in [0.1, 0.15) is 11.1 Å². The predicted molar refractivity (Wildman–Crippen MR) is 97.4 cm³/mol. The molecule has 2 aliphatic rings. The highest BCUT2D eigenvalue weighted by atomic mass is 16.3. The van der Waals surface area contributed by atoms with E-state index in [0.717, 1.165) is 33.4 Å². The Balaban J connectivity index is 1.68. The molecule has 2 aromatic carbocycles. The standard InChI is InChI=1S/C20H15N3O2/c24-19-13(18-12-6-2-4-8-16(12)22-20(18)25)9-17(23-19)14-10-21-15-7-3-1-5-11(14)15/h1-10,20-22,25H,(H,23,24)/b18-13+. The van der Waals surface area contributed by atoms with E-state index in [1.54, 1.807) is 0 Å². The number of aromatic nitrogens is 1. The summed E-state index contributed by atoms with van der Waals surface area (Å²) in [4.78, 5) is 15.8. The first-order valence-electron chi connectivity index (χ1n) is 8.10. The molecule has 25 heavy (non-hydrogen) atoms. The summed E-state index contributed by atoms with van der Waals surface area (Å²) in [6, 6.07) is 15.5. The van der Waals surface area contributed by atoms with Crippen molar-refractivity contribution in [3.05, 3.63) is 77.5 Å². The summed E-state index contributed by atoms with van der Waals surface area (Å²) >= 11 is 0. The van der Waals surface area contributed by atoms with E-state index in [4.69, 9.17) is 0 Å². The van der Waals surface area contributed by atoms with Gasteiger partial charge < -0.3 is 20.7 Å². The van der Waals surface area contributed by atoms with E-state index in [1.807, 2.05) is 60.8 Å². The average molecular weight is 329 g/mol. The first-order valence-corrected chi connectivity index (χ1v) is 8.10. The number of fused-ring (bicyclic) bond motifs is 2. The Bertz CT molecular complexity index is 1090. The van der Waals surface area contributed by atoms with Crippen molar-refractivity contribution in [3.8, 4) is 0 Å². The van der Waals surface area contributed by atoms with E-state index in [2.05, 4.69) is 15.6 Å². The Hall–Kier alpha value is -3.31. The molecule has 3 heterocycles. The highest BCUT2D eigenvalue weighted by Gasteiger charge is 2.32. The minimum Gasteiger partial charge on any atom is -0.369 e. The molecule has 0 bridgehead atoms. The molecule has 0 aliphatic carbocycles. The number of hydrogen-bond donors (Lipinski definition) is 4. The van der Waals surface area contributed by atoms with Crippen LogP contribution in [-0.4, -0.2) is 22.2 Å². The fraction of sp³-hybridized carbons (Fsp3) is 0.0500. The third-order valence-electron chi connectivity index (χ3n) is 4.73. The summed E-state index contributed by atoms with van der Waals surface area (Å²) in [6.07, 6.45) is 2.82. The van der Waals surface area contributed by atoms with Gasteiger partial charge in [-0.05, 0) is 18.2 Å². The van der Waals surface area contributed by atoms with Gasteiger partial charge in [0.1, 0.15) is 0 Å². The Morgan fingerprint density at radius 2 is 1.76 bits per heavy atom. The molecule has 1 unspecified atom stereocenters. The zero-order chi connectivity index (χ0) is 17.0. The van der Waals surface area contributed by atoms with E-state index in [1.165, 1.54) is 0 Å². The van der Waals surface area contributed by atoms with Crippen LogP contribution < -0.4 is 10.6 Å². The van der Waals surface area contributed by atoms with Crippen molar-refractivity contribution in [2.45, 2.75) is 6.23 Å². The highest BCUT2D eigenvalue weighted by molar-refractivity contribution is 6.16. The van der Waals surface area contributed by atoms with E-state index >= 15 is 0 Å². The van der Waals surface area contributed by atoms with Gasteiger partial charge in [-0.15, -0.1) is 0 Å². The molecule has 1 amide bonds. The Morgan fingerprint density at radius 1 is 0.960 bits per heavy atom. The number of aliphatic hydroxyl groups excluding tert-OH is 1. The van der Waals surface area contributed by atoms with Gasteiger partial charge in [-0.2, -0.15) is 0 Å². The molecule has 0 fully saturated rings. The van der Waals surface area contributed by atoms with Gasteiger partial charge in [0, 0.05) is 39.5 Å². The lowest BCUT2D eigenvalue weighted by molar-refractivity contribution is -0.115. The van der Waals surface area contributed by atoms with Crippen molar-refractivity contribution in [2.75, 3.05) is 5.32 Å². The minimum atomic E-state index is -0.892. The van der Waals surface area contributed by atoms with Gasteiger partial charge in [-0.25, -0.2) is 0 Å². The summed E-state index contributed by atoms with van der Waals surface area (Å²) in [5, 5.41) is 17.4. The quantitative estimate of drug-likeness (QED) is 0.519. The molecule has 3 aromatic rings. The lowest BCUT2D eigenvalue weighted by Crippen LogP contribution is -2.20. The number of anilines is 1. The lowest BCUT2D eigenvalue weighted by Gasteiger charge is -2.07. The maximum absolute atomic E-state index is 12.6. The van der Waals surface area contributed by atoms with Gasteiger partial charge in [-0.1, -0.05) is 36.4 Å². The number of carbonyl (C=O) groups is 1. The number of benzene rings is 2. The predicted octanol–water partition coefficient (Wildman–Crippen LogP) is 2.84. The van der Waals surface area contributed by atoms with Gasteiger partial charge in [-0.3, -0.25) is 4.79 Å². The molecule has 1 atom stereocenters. The van der Waals surface area contributed by atoms with Crippen LogP contribution in [0.4, 0.5) is 5.69 Å². The van der Waals surface area contributed by atoms with Crippen LogP contribution in [0, 0.1) is 0 Å². The molecular formula is C20H15N3O2. The smallest absolute Gasteiger partial charge is 0.256 e. The maximum Gasteiger partial charge on any atom is 0.256 e. The number of aromatic amines is 1. The minimum absolute atomic E-state index is 0.201. The zero-order valence-corrected chi connectivity index (χ0v) is 13.2. The molecular weight excluding hydrogens is 314 g/mol. The van der Waals surface area contributed by atoms with E-state index in [9.17, 15) is 9.90 Å². The molecule has 5 rings (SSSR count). The van der Waals surface area contributed by atoms with Crippen LogP contribution >= 0.6 is 0 Å². The molecule has 0 saturated carbocycles. The van der Waals surface area contributed by atoms with Gasteiger partial charge in [0.15, 0.2) is 6.23 Å².